The lowest BCUT2D eigenvalue weighted by Gasteiger charge is -2.28. The monoisotopic (exact) mass is 634 g/mol. The van der Waals surface area contributed by atoms with E-state index in [2.05, 4.69) is 26.3 Å². The van der Waals surface area contributed by atoms with Crippen molar-refractivity contribution in [3.63, 3.8) is 0 Å². The van der Waals surface area contributed by atoms with Crippen LogP contribution < -0.4 is 27.0 Å². The van der Waals surface area contributed by atoms with Crippen LogP contribution in [0.5, 0.6) is 0 Å². The number of amides is 4. The van der Waals surface area contributed by atoms with Gasteiger partial charge in [0.2, 0.25) is 11.8 Å². The molecule has 1 heterocycles. The standard InChI is InChI=1S/C34H46N6O6/c1-33(2,3)45-31(43)38-24(20-35)19-28(40-32(44)46-34(4,5)6)30(42)39-27(17-16-22-12-8-7-9-13-22)29(41)37-25-18-23-14-10-11-15-26(23)36-21-25/h7-15,18,21,24,27-28H,16-17,19-20,35H2,1-6H3,(H,37,41)(H,38,43)(H,39,42)(H,40,44)/t24?,27-,28+/m1/s1. The average Bonchev–Trinajstić information content (AvgIpc) is 2.96. The summed E-state index contributed by atoms with van der Waals surface area (Å²) in [5.74, 6) is -1.11. The molecule has 0 spiro atoms. The van der Waals surface area contributed by atoms with Crippen molar-refractivity contribution < 1.29 is 28.7 Å². The van der Waals surface area contributed by atoms with Crippen LogP contribution in [0, 0.1) is 0 Å². The Bertz CT molecular complexity index is 1480. The maximum absolute atomic E-state index is 13.8. The highest BCUT2D eigenvalue weighted by atomic mass is 16.6. The first-order valence-electron chi connectivity index (χ1n) is 15.3. The molecule has 3 rings (SSSR count). The first-order valence-corrected chi connectivity index (χ1v) is 15.3. The first kappa shape index (κ1) is 35.8. The van der Waals surface area contributed by atoms with E-state index in [0.717, 1.165) is 16.5 Å². The fourth-order valence-corrected chi connectivity index (χ4v) is 4.52. The zero-order valence-electron chi connectivity index (χ0n) is 27.4. The minimum atomic E-state index is -1.22. The van der Waals surface area contributed by atoms with Gasteiger partial charge in [-0.1, -0.05) is 48.5 Å². The first-order chi connectivity index (χ1) is 21.6. The van der Waals surface area contributed by atoms with Gasteiger partial charge in [0.1, 0.15) is 23.3 Å². The molecule has 0 saturated carbocycles. The van der Waals surface area contributed by atoms with E-state index in [0.29, 0.717) is 12.1 Å². The zero-order chi connectivity index (χ0) is 33.9. The molecule has 6 N–H and O–H groups in total. The Labute approximate surface area is 270 Å². The van der Waals surface area contributed by atoms with Crippen LogP contribution >= 0.6 is 0 Å². The van der Waals surface area contributed by atoms with Gasteiger partial charge in [-0.2, -0.15) is 0 Å². The number of aromatic nitrogens is 1. The molecule has 0 aliphatic carbocycles. The molecule has 4 amide bonds. The molecule has 248 valence electrons. The summed E-state index contributed by atoms with van der Waals surface area (Å²) < 4.78 is 10.7. The summed E-state index contributed by atoms with van der Waals surface area (Å²) in [4.78, 5) is 57.1. The van der Waals surface area contributed by atoms with Crippen LogP contribution in [-0.4, -0.2) is 64.9 Å². The fourth-order valence-electron chi connectivity index (χ4n) is 4.52. The number of rotatable bonds is 12. The second kappa shape index (κ2) is 16.0. The molecule has 3 aromatic rings. The lowest BCUT2D eigenvalue weighted by Crippen LogP contribution is -2.56. The Kier molecular flexibility index (Phi) is 12.5. The Morgan fingerprint density at radius 2 is 1.39 bits per heavy atom. The highest BCUT2D eigenvalue weighted by Crippen LogP contribution is 2.17. The quantitative estimate of drug-likeness (QED) is 0.195. The number of ether oxygens (including phenoxy) is 2. The molecular weight excluding hydrogens is 588 g/mol. The Morgan fingerprint density at radius 1 is 0.783 bits per heavy atom. The third-order valence-corrected chi connectivity index (χ3v) is 6.59. The summed E-state index contributed by atoms with van der Waals surface area (Å²) >= 11 is 0. The molecule has 0 aliphatic heterocycles. The highest BCUT2D eigenvalue weighted by Gasteiger charge is 2.31. The van der Waals surface area contributed by atoms with Crippen molar-refractivity contribution in [2.24, 2.45) is 5.73 Å². The number of carbonyl (C=O) groups is 4. The van der Waals surface area contributed by atoms with Gasteiger partial charge in [-0.05, 0) is 78.5 Å². The van der Waals surface area contributed by atoms with Gasteiger partial charge >= 0.3 is 12.2 Å². The van der Waals surface area contributed by atoms with Gasteiger partial charge in [-0.15, -0.1) is 0 Å². The molecule has 0 bridgehead atoms. The number of fused-ring (bicyclic) bond motifs is 1. The largest absolute Gasteiger partial charge is 0.444 e. The molecule has 1 aromatic heterocycles. The smallest absolute Gasteiger partial charge is 0.408 e. The van der Waals surface area contributed by atoms with Crippen LogP contribution in [0.1, 0.15) is 59.9 Å². The Morgan fingerprint density at radius 3 is 2.02 bits per heavy atom. The minimum Gasteiger partial charge on any atom is -0.444 e. The van der Waals surface area contributed by atoms with E-state index in [4.69, 9.17) is 15.2 Å². The van der Waals surface area contributed by atoms with Gasteiger partial charge < -0.3 is 36.5 Å². The second-order valence-electron chi connectivity index (χ2n) is 13.0. The van der Waals surface area contributed by atoms with Crippen molar-refractivity contribution in [2.45, 2.75) is 90.1 Å². The Hall–Kier alpha value is -4.71. The van der Waals surface area contributed by atoms with Crippen molar-refractivity contribution >= 4 is 40.6 Å². The molecule has 0 aliphatic rings. The summed E-state index contributed by atoms with van der Waals surface area (Å²) in [5, 5.41) is 11.8. The van der Waals surface area contributed by atoms with Crippen LogP contribution in [-0.2, 0) is 25.5 Å². The van der Waals surface area contributed by atoms with Crippen molar-refractivity contribution in [3.8, 4) is 0 Å². The van der Waals surface area contributed by atoms with Crippen molar-refractivity contribution in [1.82, 2.24) is 20.9 Å². The zero-order valence-corrected chi connectivity index (χ0v) is 27.4. The number of nitrogens with two attached hydrogens (primary N) is 1. The molecule has 1 unspecified atom stereocenters. The molecular formula is C34H46N6O6. The molecule has 46 heavy (non-hydrogen) atoms. The number of carbonyl (C=O) groups excluding carboxylic acids is 4. The summed E-state index contributed by atoms with van der Waals surface area (Å²) in [7, 11) is 0. The second-order valence-corrected chi connectivity index (χ2v) is 13.0. The van der Waals surface area contributed by atoms with E-state index in [1.165, 1.54) is 0 Å². The van der Waals surface area contributed by atoms with Crippen LogP contribution in [0.3, 0.4) is 0 Å². The van der Waals surface area contributed by atoms with E-state index < -0.39 is 53.3 Å². The average molecular weight is 635 g/mol. The predicted octanol–water partition coefficient (Wildman–Crippen LogP) is 4.43. The number of hydrogen-bond donors (Lipinski definition) is 5. The lowest BCUT2D eigenvalue weighted by molar-refractivity contribution is -0.128. The molecule has 12 heteroatoms. The van der Waals surface area contributed by atoms with Gasteiger partial charge in [-0.3, -0.25) is 14.6 Å². The maximum atomic E-state index is 13.8. The van der Waals surface area contributed by atoms with E-state index in [1.807, 2.05) is 54.6 Å². The topological polar surface area (TPSA) is 174 Å². The summed E-state index contributed by atoms with van der Waals surface area (Å²) in [6.45, 7) is 10.2. The van der Waals surface area contributed by atoms with Crippen LogP contribution in [0.2, 0.25) is 0 Å². The Balaban J connectivity index is 1.83. The maximum Gasteiger partial charge on any atom is 0.408 e. The third kappa shape index (κ3) is 12.4. The predicted molar refractivity (Wildman–Crippen MR) is 177 cm³/mol. The van der Waals surface area contributed by atoms with Crippen LogP contribution in [0.15, 0.2) is 66.9 Å². The minimum absolute atomic E-state index is 0.0497. The number of benzene rings is 2. The number of pyridine rings is 1. The molecule has 0 saturated heterocycles. The number of hydrogen-bond acceptors (Lipinski definition) is 8. The van der Waals surface area contributed by atoms with Gasteiger partial charge in [0, 0.05) is 18.0 Å². The third-order valence-electron chi connectivity index (χ3n) is 6.59. The van der Waals surface area contributed by atoms with Crippen LogP contribution in [0.25, 0.3) is 10.9 Å². The van der Waals surface area contributed by atoms with Crippen molar-refractivity contribution in [1.29, 1.82) is 0 Å². The van der Waals surface area contributed by atoms with Gasteiger partial charge in [0.25, 0.3) is 0 Å². The van der Waals surface area contributed by atoms with Gasteiger partial charge in [0.15, 0.2) is 0 Å². The van der Waals surface area contributed by atoms with Gasteiger partial charge in [0.05, 0.1) is 17.4 Å². The summed E-state index contributed by atoms with van der Waals surface area (Å²) in [5.41, 5.74) is 6.58. The number of nitrogens with one attached hydrogen (secondary N) is 4. The van der Waals surface area contributed by atoms with Crippen molar-refractivity contribution in [3.05, 3.63) is 72.4 Å². The van der Waals surface area contributed by atoms with E-state index in [-0.39, 0.29) is 19.4 Å². The lowest BCUT2D eigenvalue weighted by atomic mass is 10.0. The number of nitrogens with zero attached hydrogens (tertiary/aromatic N) is 1. The summed E-state index contributed by atoms with van der Waals surface area (Å²) in [6, 6.07) is 15.9. The molecule has 12 nitrogen and oxygen atoms in total. The molecule has 0 fully saturated rings. The number of anilines is 1. The van der Waals surface area contributed by atoms with E-state index in [1.54, 1.807) is 53.8 Å². The molecule has 3 atom stereocenters. The number of para-hydroxylation sites is 1. The van der Waals surface area contributed by atoms with Crippen LogP contribution in [0.4, 0.5) is 15.3 Å². The normalized spacial score (nSPS) is 13.5. The number of aryl methyl sites for hydroxylation is 1. The summed E-state index contributed by atoms with van der Waals surface area (Å²) in [6.07, 6.45) is 0.653. The van der Waals surface area contributed by atoms with Gasteiger partial charge in [-0.25, -0.2) is 9.59 Å². The SMILES string of the molecule is CC(C)(C)OC(=O)NC(CN)C[C@H](NC(=O)OC(C)(C)C)C(=O)N[C@H](CCc1ccccc1)C(=O)Nc1cnc2ccccc2c1. The van der Waals surface area contributed by atoms with E-state index >= 15 is 0 Å². The highest BCUT2D eigenvalue weighted by molar-refractivity contribution is 5.99. The molecule has 0 radical (unpaired) electrons. The molecule has 2 aromatic carbocycles. The van der Waals surface area contributed by atoms with E-state index in [9.17, 15) is 19.2 Å². The van der Waals surface area contributed by atoms with Crippen molar-refractivity contribution in [2.75, 3.05) is 11.9 Å². The number of alkyl carbamates (subject to hydrolysis) is 2. The fraction of sp³-hybridized carbons (Fsp3) is 0.441.